The topological polar surface area (TPSA) is 162 Å². The lowest BCUT2D eigenvalue weighted by Crippen LogP contribution is -2.44. The Kier molecular flexibility index (Phi) is 12.1. The maximum absolute atomic E-state index is 13.8. The number of anilines is 3. The van der Waals surface area contributed by atoms with Crippen LogP contribution < -0.4 is 37.0 Å². The number of likely N-dealkylation sites (tertiary alicyclic amines) is 1. The van der Waals surface area contributed by atoms with Crippen molar-refractivity contribution in [3.8, 4) is 23.0 Å². The van der Waals surface area contributed by atoms with Gasteiger partial charge in [-0.15, -0.1) is 0 Å². The smallest absolute Gasteiger partial charge is 0.329 e. The predicted octanol–water partition coefficient (Wildman–Crippen LogP) is 4.61. The van der Waals surface area contributed by atoms with Gasteiger partial charge in [0.25, 0.3) is 5.91 Å². The van der Waals surface area contributed by atoms with E-state index < -0.39 is 18.0 Å². The van der Waals surface area contributed by atoms with E-state index in [-0.39, 0.29) is 49.0 Å². The zero-order valence-corrected chi connectivity index (χ0v) is 36.4. The third-order valence-corrected chi connectivity index (χ3v) is 12.9. The Hall–Kier alpha value is -6.73. The number of hydrogen-bond donors (Lipinski definition) is 4. The fourth-order valence-electron chi connectivity index (χ4n) is 9.59. The third-order valence-electron chi connectivity index (χ3n) is 12.9. The number of imidazole rings is 1. The van der Waals surface area contributed by atoms with Crippen LogP contribution in [0.2, 0.25) is 0 Å². The molecule has 4 aliphatic rings. The molecule has 15 nitrogen and oxygen atoms in total. The molecule has 2 unspecified atom stereocenters. The van der Waals surface area contributed by atoms with Gasteiger partial charge in [0.2, 0.25) is 17.7 Å². The molecular weight excluding hydrogens is 811 g/mol. The number of aromatic nitrogens is 2. The molecule has 5 heterocycles. The molecule has 15 heteroatoms. The van der Waals surface area contributed by atoms with E-state index in [1.54, 1.807) is 44.4 Å². The van der Waals surface area contributed by atoms with Crippen LogP contribution in [0, 0.1) is 11.8 Å². The molecule has 3 fully saturated rings. The number of hydrazine groups is 1. The standard InChI is InChI=1S/C49H53N9O6/c1-50-46(60)33-10-6-12-35(27-33)51-48(62)44-39-29-32(14-17-40(39)55(3)53-44)38-16-15-36(57-22-4-5-23-57)28-34(38)30-56-24-20-37(21-25-56)64-26-8-11-31-9-7-13-41-45(31)54(2)49(63)58(41)42-18-19-43(59)52-47(42)61/h6-7,9-10,12-17,27-29,37,42,44,53H,4-5,18-26,30H2,1-3H3,(H,50,60)(H,51,62)(H,52,59,61). The Morgan fingerprint density at radius 3 is 2.47 bits per heavy atom. The minimum absolute atomic E-state index is 0.0604. The average molecular weight is 864 g/mol. The van der Waals surface area contributed by atoms with Gasteiger partial charge in [-0.1, -0.05) is 36.1 Å². The summed E-state index contributed by atoms with van der Waals surface area (Å²) in [5, 5.41) is 9.88. The van der Waals surface area contributed by atoms with Crippen molar-refractivity contribution in [3.63, 3.8) is 0 Å². The van der Waals surface area contributed by atoms with E-state index >= 15 is 0 Å². The molecule has 0 spiro atoms. The number of amides is 4. The van der Waals surface area contributed by atoms with Gasteiger partial charge in [0.05, 0.1) is 28.4 Å². The summed E-state index contributed by atoms with van der Waals surface area (Å²) in [6.45, 7) is 4.84. The van der Waals surface area contributed by atoms with Gasteiger partial charge in [0.1, 0.15) is 18.7 Å². The van der Waals surface area contributed by atoms with Crippen molar-refractivity contribution in [2.24, 2.45) is 7.05 Å². The SMILES string of the molecule is CNC(=O)c1cccc(NC(=O)C2NN(C)c3ccc(-c4ccc(N5CCCC5)cc4CN4CCC(OCC#Cc5cccc6c5n(C)c(=O)n6C5CCC(=O)NC5=O)CC4)cc32)c1. The maximum Gasteiger partial charge on any atom is 0.329 e. The number of para-hydroxylation sites is 1. The molecule has 2 atom stereocenters. The lowest BCUT2D eigenvalue weighted by molar-refractivity contribution is -0.135. The first-order valence-electron chi connectivity index (χ1n) is 22.1. The van der Waals surface area contributed by atoms with Crippen molar-refractivity contribution < 1.29 is 23.9 Å². The zero-order chi connectivity index (χ0) is 44.5. The molecule has 1 aromatic heterocycles. The second-order valence-electron chi connectivity index (χ2n) is 17.0. The monoisotopic (exact) mass is 863 g/mol. The highest BCUT2D eigenvalue weighted by atomic mass is 16.5. The molecule has 9 rings (SSSR count). The van der Waals surface area contributed by atoms with Crippen molar-refractivity contribution in [1.29, 1.82) is 0 Å². The number of aryl methyl sites for hydroxylation is 1. The number of carbonyl (C=O) groups excluding carboxylic acids is 4. The van der Waals surface area contributed by atoms with E-state index in [0.717, 1.165) is 67.9 Å². The normalized spacial score (nSPS) is 19.0. The van der Waals surface area contributed by atoms with Crippen LogP contribution in [0.3, 0.4) is 0 Å². The number of nitrogens with zero attached hydrogens (tertiary/aromatic N) is 5. The van der Waals surface area contributed by atoms with Crippen LogP contribution in [-0.4, -0.2) is 90.6 Å². The van der Waals surface area contributed by atoms with Crippen LogP contribution in [-0.2, 0) is 32.7 Å². The first-order valence-corrected chi connectivity index (χ1v) is 22.1. The number of nitrogens with one attached hydrogen (secondary N) is 4. The Labute approximate surface area is 371 Å². The number of rotatable bonds is 10. The second kappa shape index (κ2) is 18.2. The predicted molar refractivity (Wildman–Crippen MR) is 246 cm³/mol. The van der Waals surface area contributed by atoms with Gasteiger partial charge in [-0.05, 0) is 103 Å². The Balaban J connectivity index is 0.875. The summed E-state index contributed by atoms with van der Waals surface area (Å²) in [6, 6.07) is 24.1. The summed E-state index contributed by atoms with van der Waals surface area (Å²) in [4.78, 5) is 68.8. The fraction of sp³-hybridized carbons (Fsp3) is 0.367. The first kappa shape index (κ1) is 42.6. The average Bonchev–Trinajstić information content (AvgIpc) is 4.03. The van der Waals surface area contributed by atoms with Gasteiger partial charge in [-0.2, -0.15) is 0 Å². The minimum Gasteiger partial charge on any atom is -0.372 e. The second-order valence-corrected chi connectivity index (χ2v) is 17.0. The van der Waals surface area contributed by atoms with Crippen molar-refractivity contribution in [1.82, 2.24) is 30.1 Å². The summed E-state index contributed by atoms with van der Waals surface area (Å²) >= 11 is 0. The van der Waals surface area contributed by atoms with Crippen LogP contribution in [0.15, 0.2) is 83.7 Å². The van der Waals surface area contributed by atoms with Crippen LogP contribution in [0.5, 0.6) is 0 Å². The summed E-state index contributed by atoms with van der Waals surface area (Å²) in [7, 11) is 5.16. The number of hydrogen-bond acceptors (Lipinski definition) is 10. The van der Waals surface area contributed by atoms with Crippen molar-refractivity contribution in [3.05, 3.63) is 112 Å². The van der Waals surface area contributed by atoms with E-state index in [0.29, 0.717) is 27.8 Å². The van der Waals surface area contributed by atoms with Gasteiger partial charge in [0.15, 0.2) is 0 Å². The molecule has 4 N–H and O–H groups in total. The molecule has 0 radical (unpaired) electrons. The van der Waals surface area contributed by atoms with Gasteiger partial charge in [-0.3, -0.25) is 38.5 Å². The molecule has 4 aliphatic heterocycles. The lowest BCUT2D eigenvalue weighted by Gasteiger charge is -2.32. The number of piperidine rings is 2. The Morgan fingerprint density at radius 1 is 0.891 bits per heavy atom. The number of imide groups is 1. The summed E-state index contributed by atoms with van der Waals surface area (Å²) in [6.07, 6.45) is 4.61. The lowest BCUT2D eigenvalue weighted by atomic mass is 9.94. The largest absolute Gasteiger partial charge is 0.372 e. The molecule has 4 amide bonds. The summed E-state index contributed by atoms with van der Waals surface area (Å²) in [5.74, 6) is 5.14. The number of ether oxygens (including phenoxy) is 1. The maximum atomic E-state index is 13.8. The van der Waals surface area contributed by atoms with E-state index in [1.807, 2.05) is 24.2 Å². The minimum atomic E-state index is -0.757. The Bertz CT molecular complexity index is 2770. The van der Waals surface area contributed by atoms with Gasteiger partial charge in [-0.25, -0.2) is 10.2 Å². The van der Waals surface area contributed by atoms with E-state index in [9.17, 15) is 24.0 Å². The number of benzene rings is 4. The van der Waals surface area contributed by atoms with Crippen molar-refractivity contribution >= 4 is 51.7 Å². The zero-order valence-electron chi connectivity index (χ0n) is 36.4. The fourth-order valence-corrected chi connectivity index (χ4v) is 9.59. The van der Waals surface area contributed by atoms with E-state index in [1.165, 1.54) is 33.2 Å². The van der Waals surface area contributed by atoms with E-state index in [2.05, 4.69) is 79.4 Å². The van der Waals surface area contributed by atoms with E-state index in [4.69, 9.17) is 4.74 Å². The molecule has 330 valence electrons. The Morgan fingerprint density at radius 2 is 1.69 bits per heavy atom. The molecule has 5 aromatic rings. The van der Waals surface area contributed by atoms with Gasteiger partial charge >= 0.3 is 5.69 Å². The molecule has 0 saturated carbocycles. The molecule has 0 aliphatic carbocycles. The third kappa shape index (κ3) is 8.51. The molecular formula is C49H53N9O6. The quantitative estimate of drug-likeness (QED) is 0.115. The molecule has 3 saturated heterocycles. The molecule has 64 heavy (non-hydrogen) atoms. The van der Waals surface area contributed by atoms with Crippen molar-refractivity contribution in [2.75, 3.05) is 62.1 Å². The molecule has 4 aromatic carbocycles. The van der Waals surface area contributed by atoms with Gasteiger partial charge < -0.3 is 25.3 Å². The van der Waals surface area contributed by atoms with Gasteiger partial charge in [0, 0.05) is 82.8 Å². The summed E-state index contributed by atoms with van der Waals surface area (Å²) < 4.78 is 9.27. The molecule has 0 bridgehead atoms. The highest BCUT2D eigenvalue weighted by Gasteiger charge is 2.34. The van der Waals surface area contributed by atoms with Crippen LogP contribution >= 0.6 is 0 Å². The van der Waals surface area contributed by atoms with Crippen LogP contribution in [0.4, 0.5) is 17.1 Å². The number of fused-ring (bicyclic) bond motifs is 2. The highest BCUT2D eigenvalue weighted by Crippen LogP contribution is 2.39. The summed E-state index contributed by atoms with van der Waals surface area (Å²) in [5.41, 5.74) is 12.4. The highest BCUT2D eigenvalue weighted by molar-refractivity contribution is 6.01. The number of carbonyl (C=O) groups is 4. The van der Waals surface area contributed by atoms with Crippen LogP contribution in [0.1, 0.15) is 77.7 Å². The van der Waals surface area contributed by atoms with Crippen LogP contribution in [0.25, 0.3) is 22.2 Å². The first-order chi connectivity index (χ1) is 31.1. The van der Waals surface area contributed by atoms with Crippen molar-refractivity contribution in [2.45, 2.75) is 63.3 Å².